The van der Waals surface area contributed by atoms with Crippen molar-refractivity contribution >= 4 is 21.9 Å². The van der Waals surface area contributed by atoms with Gasteiger partial charge in [-0.1, -0.05) is 76.1 Å². The van der Waals surface area contributed by atoms with Gasteiger partial charge in [0.1, 0.15) is 18.2 Å². The summed E-state index contributed by atoms with van der Waals surface area (Å²) in [4.78, 5) is 0. The van der Waals surface area contributed by atoms with Gasteiger partial charge >= 0.3 is 0 Å². The molecule has 170 valence electrons. The first-order chi connectivity index (χ1) is 20.2. The summed E-state index contributed by atoms with van der Waals surface area (Å²) in [6.07, 6.45) is 1.55. The molecule has 1 aliphatic rings. The third-order valence-corrected chi connectivity index (χ3v) is 7.09. The molecule has 2 heterocycles. The summed E-state index contributed by atoms with van der Waals surface area (Å²) in [5.74, 6) is -1.21. The number of furan rings is 1. The molecule has 1 aliphatic carbocycles. The predicted molar refractivity (Wildman–Crippen MR) is 141 cm³/mol. The number of aryl methyl sites for hydroxylation is 3. The lowest BCUT2D eigenvalue weighted by atomic mass is 9.82. The summed E-state index contributed by atoms with van der Waals surface area (Å²) < 4.78 is 92.6. The van der Waals surface area contributed by atoms with E-state index in [-0.39, 0.29) is 16.7 Å². The fourth-order valence-electron chi connectivity index (χ4n) is 5.38. The molecule has 0 fully saturated rings. The van der Waals surface area contributed by atoms with Gasteiger partial charge in [-0.3, -0.25) is 0 Å². The number of pyridine rings is 1. The first-order valence-corrected chi connectivity index (χ1v) is 11.4. The molecule has 0 spiro atoms. The van der Waals surface area contributed by atoms with Gasteiger partial charge in [-0.25, -0.2) is 4.57 Å². The first kappa shape index (κ1) is 12.9. The van der Waals surface area contributed by atoms with Crippen LogP contribution >= 0.6 is 0 Å². The van der Waals surface area contributed by atoms with E-state index < -0.39 is 31.9 Å². The molecule has 0 bridgehead atoms. The van der Waals surface area contributed by atoms with Gasteiger partial charge in [0, 0.05) is 47.1 Å². The molecule has 0 unspecified atom stereocenters. The van der Waals surface area contributed by atoms with E-state index in [0.29, 0.717) is 44.5 Å². The number of benzene rings is 3. The molecule has 0 saturated heterocycles. The molecular weight excluding hydrogens is 414 g/mol. The summed E-state index contributed by atoms with van der Waals surface area (Å²) >= 11 is 0. The van der Waals surface area contributed by atoms with Crippen LogP contribution in [0.5, 0.6) is 0 Å². The van der Waals surface area contributed by atoms with Gasteiger partial charge in [-0.2, -0.15) is 0 Å². The Morgan fingerprint density at radius 2 is 1.65 bits per heavy atom. The number of nitrogens with zero attached hydrogens (tertiary/aromatic N) is 1. The lowest BCUT2D eigenvalue weighted by Crippen LogP contribution is -2.32. The van der Waals surface area contributed by atoms with Crippen LogP contribution in [0.4, 0.5) is 0 Å². The Morgan fingerprint density at radius 1 is 0.912 bits per heavy atom. The molecule has 6 rings (SSSR count). The minimum absolute atomic E-state index is 0.0956. The van der Waals surface area contributed by atoms with Gasteiger partial charge in [0.15, 0.2) is 6.20 Å². The summed E-state index contributed by atoms with van der Waals surface area (Å²) in [5, 5.41) is 1.44. The van der Waals surface area contributed by atoms with E-state index in [1.165, 1.54) is 0 Å². The second-order valence-electron chi connectivity index (χ2n) is 9.49. The molecule has 34 heavy (non-hydrogen) atoms. The average molecular weight is 457 g/mol. The van der Waals surface area contributed by atoms with Crippen LogP contribution in [0, 0.1) is 13.8 Å². The van der Waals surface area contributed by atoms with Gasteiger partial charge in [0.2, 0.25) is 5.69 Å². The Balaban J connectivity index is 1.74. The number of rotatable bonds is 2. The van der Waals surface area contributed by atoms with Crippen LogP contribution in [0.3, 0.4) is 0 Å². The number of hydrogen-bond acceptors (Lipinski definition) is 1. The summed E-state index contributed by atoms with van der Waals surface area (Å²) in [6.45, 7) is -2.98. The Labute approximate surface area is 215 Å². The Bertz CT molecular complexity index is 1970. The standard InChI is InChI=1S/C32H32NO/c1-18(2)24-16-27(33(7)17-20(24)4)28-19(3)12-13-21-22-14-15-26-29(31(22)34-30(21)28)23-10-8-9-11-25(23)32(26,5)6/h8-18H,1-7H3/q+1/i4D3,5D3,6D3,18D. The number of fused-ring (bicyclic) bond motifs is 7. The van der Waals surface area contributed by atoms with Crippen LogP contribution in [-0.4, -0.2) is 0 Å². The molecule has 0 atom stereocenters. The maximum Gasteiger partial charge on any atom is 0.216 e. The zero-order valence-corrected chi connectivity index (χ0v) is 19.6. The van der Waals surface area contributed by atoms with E-state index in [1.54, 1.807) is 74.1 Å². The minimum atomic E-state index is -2.89. The normalized spacial score (nSPS) is 20.0. The smallest absolute Gasteiger partial charge is 0.216 e. The van der Waals surface area contributed by atoms with Gasteiger partial charge in [-0.15, -0.1) is 0 Å². The molecule has 0 saturated carbocycles. The van der Waals surface area contributed by atoms with Crippen molar-refractivity contribution in [2.45, 2.75) is 52.6 Å². The van der Waals surface area contributed by atoms with Crippen LogP contribution < -0.4 is 4.57 Å². The average Bonchev–Trinajstić information content (AvgIpc) is 3.41. The fraction of sp³-hybridized carbons (Fsp3) is 0.281. The van der Waals surface area contributed by atoms with E-state index in [1.807, 2.05) is 19.1 Å². The summed E-state index contributed by atoms with van der Waals surface area (Å²) in [7, 11) is 1.75. The zero-order chi connectivity index (χ0) is 32.4. The zero-order valence-electron chi connectivity index (χ0n) is 29.6. The molecule has 0 aliphatic heterocycles. The van der Waals surface area contributed by atoms with Gasteiger partial charge < -0.3 is 4.42 Å². The molecular formula is C32H32NO+. The monoisotopic (exact) mass is 456 g/mol. The molecule has 2 aromatic heterocycles. The highest BCUT2D eigenvalue weighted by Crippen LogP contribution is 2.52. The Morgan fingerprint density at radius 3 is 2.38 bits per heavy atom. The maximum absolute atomic E-state index is 8.74. The quantitative estimate of drug-likeness (QED) is 0.245. The van der Waals surface area contributed by atoms with E-state index in [0.717, 1.165) is 10.9 Å². The third-order valence-electron chi connectivity index (χ3n) is 7.09. The van der Waals surface area contributed by atoms with Crippen LogP contribution in [0.25, 0.3) is 44.3 Å². The number of hydrogen-bond donors (Lipinski definition) is 0. The second-order valence-corrected chi connectivity index (χ2v) is 9.49. The predicted octanol–water partition coefficient (Wildman–Crippen LogP) is 8.12. The van der Waals surface area contributed by atoms with Crippen molar-refractivity contribution in [2.75, 3.05) is 0 Å². The lowest BCUT2D eigenvalue weighted by molar-refractivity contribution is -0.660. The lowest BCUT2D eigenvalue weighted by Gasteiger charge is -2.21. The largest absolute Gasteiger partial charge is 0.454 e. The van der Waals surface area contributed by atoms with Crippen LogP contribution in [-0.2, 0) is 12.5 Å². The van der Waals surface area contributed by atoms with E-state index in [2.05, 4.69) is 0 Å². The van der Waals surface area contributed by atoms with Crippen molar-refractivity contribution in [3.63, 3.8) is 0 Å². The van der Waals surface area contributed by atoms with E-state index in [9.17, 15) is 0 Å². The van der Waals surface area contributed by atoms with E-state index in [4.69, 9.17) is 18.1 Å². The van der Waals surface area contributed by atoms with Crippen LogP contribution in [0.2, 0.25) is 0 Å². The molecule has 0 amide bonds. The van der Waals surface area contributed by atoms with Crippen molar-refractivity contribution in [3.05, 3.63) is 88.6 Å². The van der Waals surface area contributed by atoms with Crippen molar-refractivity contribution in [2.24, 2.45) is 7.05 Å². The number of aromatic nitrogens is 1. The van der Waals surface area contributed by atoms with Crippen molar-refractivity contribution in [1.82, 2.24) is 0 Å². The second kappa shape index (κ2) is 7.06. The molecule has 2 heteroatoms. The molecule has 2 nitrogen and oxygen atoms in total. The molecule has 5 aromatic rings. The Hall–Kier alpha value is -3.39. The fourth-order valence-corrected chi connectivity index (χ4v) is 5.38. The highest BCUT2D eigenvalue weighted by Gasteiger charge is 2.37. The van der Waals surface area contributed by atoms with Gasteiger partial charge in [-0.05, 0) is 47.5 Å². The first-order valence-electron chi connectivity index (χ1n) is 16.4. The van der Waals surface area contributed by atoms with Crippen molar-refractivity contribution < 1.29 is 22.7 Å². The highest BCUT2D eigenvalue weighted by atomic mass is 16.3. The summed E-state index contributed by atoms with van der Waals surface area (Å²) in [5.41, 5.74) is 2.63. The van der Waals surface area contributed by atoms with Crippen LogP contribution in [0.15, 0.2) is 65.2 Å². The Kier molecular flexibility index (Phi) is 2.68. The third kappa shape index (κ3) is 2.72. The van der Waals surface area contributed by atoms with Crippen LogP contribution in [0.1, 0.15) is 75.0 Å². The maximum atomic E-state index is 8.74. The van der Waals surface area contributed by atoms with E-state index >= 15 is 0 Å². The molecule has 3 aromatic carbocycles. The molecule has 0 radical (unpaired) electrons. The highest BCUT2D eigenvalue weighted by molar-refractivity contribution is 6.14. The minimum Gasteiger partial charge on any atom is -0.454 e. The van der Waals surface area contributed by atoms with Gasteiger partial charge in [0.05, 0.1) is 5.56 Å². The SMILES string of the molecule is [2H]C([2H])([2H])c1c[n+](C)c(-c2c(C)ccc3c2oc2c4c(ccc23)C(C([2H])([2H])[2H])(C([2H])([2H])[2H])c2ccccc2-4)cc1C([2H])(C)C. The molecule has 0 N–H and O–H groups in total. The summed E-state index contributed by atoms with van der Waals surface area (Å²) in [6, 6.07) is 15.7. The topological polar surface area (TPSA) is 17.0 Å². The van der Waals surface area contributed by atoms with Gasteiger partial charge in [0.25, 0.3) is 0 Å². The van der Waals surface area contributed by atoms with Crippen molar-refractivity contribution in [1.29, 1.82) is 0 Å². The van der Waals surface area contributed by atoms with Crippen molar-refractivity contribution in [3.8, 4) is 22.4 Å².